The fourth-order valence-corrected chi connectivity index (χ4v) is 4.40. The second-order valence-electron chi connectivity index (χ2n) is 8.41. The lowest BCUT2D eigenvalue weighted by Crippen LogP contribution is -2.35. The molecule has 1 atom stereocenters. The molecule has 4 nitrogen and oxygen atoms in total. The standard InChI is InChI=1S/C24H33N3O/c1-18-7-9-19(10-8-18)16-23(28)26-17-20-11-13-21(14-12-20)24(27(2)3)22-6-4-5-15-25-22/h4-10,15,20-21,24H,11-14,16-17H2,1-3H3,(H,26,28)/t20?,21?,24-/m1/s1. The summed E-state index contributed by atoms with van der Waals surface area (Å²) in [6.45, 7) is 2.86. The molecule has 0 unspecified atom stereocenters. The third-order valence-electron chi connectivity index (χ3n) is 5.96. The van der Waals surface area contributed by atoms with Crippen LogP contribution in [0.5, 0.6) is 0 Å². The van der Waals surface area contributed by atoms with E-state index in [2.05, 4.69) is 60.5 Å². The smallest absolute Gasteiger partial charge is 0.224 e. The van der Waals surface area contributed by atoms with Gasteiger partial charge in [0.2, 0.25) is 5.91 Å². The zero-order valence-electron chi connectivity index (χ0n) is 17.4. The molecule has 1 heterocycles. The van der Waals surface area contributed by atoms with Crippen molar-refractivity contribution in [3.05, 3.63) is 65.5 Å². The summed E-state index contributed by atoms with van der Waals surface area (Å²) in [6, 6.07) is 14.8. The Bertz CT molecular complexity index is 734. The first-order valence-corrected chi connectivity index (χ1v) is 10.4. The van der Waals surface area contributed by atoms with Crippen molar-refractivity contribution in [2.24, 2.45) is 11.8 Å². The Balaban J connectivity index is 1.45. The number of pyridine rings is 1. The first kappa shape index (κ1) is 20.5. The fourth-order valence-electron chi connectivity index (χ4n) is 4.40. The molecule has 28 heavy (non-hydrogen) atoms. The van der Waals surface area contributed by atoms with Gasteiger partial charge in [-0.1, -0.05) is 35.9 Å². The first-order valence-electron chi connectivity index (χ1n) is 10.4. The highest BCUT2D eigenvalue weighted by Crippen LogP contribution is 2.38. The number of aromatic nitrogens is 1. The normalized spacial score (nSPS) is 20.7. The minimum atomic E-state index is 0.130. The Labute approximate surface area is 169 Å². The van der Waals surface area contributed by atoms with Gasteiger partial charge in [-0.2, -0.15) is 0 Å². The second-order valence-corrected chi connectivity index (χ2v) is 8.41. The Morgan fingerprint density at radius 2 is 1.82 bits per heavy atom. The van der Waals surface area contributed by atoms with E-state index in [0.29, 0.717) is 24.3 Å². The van der Waals surface area contributed by atoms with Crippen LogP contribution in [0.2, 0.25) is 0 Å². The van der Waals surface area contributed by atoms with Crippen LogP contribution in [0.4, 0.5) is 0 Å². The minimum Gasteiger partial charge on any atom is -0.356 e. The van der Waals surface area contributed by atoms with Gasteiger partial charge in [0.1, 0.15) is 0 Å². The highest BCUT2D eigenvalue weighted by Gasteiger charge is 2.30. The van der Waals surface area contributed by atoms with Crippen molar-refractivity contribution in [3.63, 3.8) is 0 Å². The number of amides is 1. The molecule has 0 spiro atoms. The number of rotatable bonds is 7. The maximum Gasteiger partial charge on any atom is 0.224 e. The van der Waals surface area contributed by atoms with Crippen LogP contribution in [0, 0.1) is 18.8 Å². The Hall–Kier alpha value is -2.20. The van der Waals surface area contributed by atoms with Crippen LogP contribution in [-0.2, 0) is 11.2 Å². The van der Waals surface area contributed by atoms with E-state index in [9.17, 15) is 4.79 Å². The number of nitrogens with zero attached hydrogens (tertiary/aromatic N) is 2. The van der Waals surface area contributed by atoms with Crippen molar-refractivity contribution in [2.45, 2.75) is 45.1 Å². The molecule has 1 fully saturated rings. The van der Waals surface area contributed by atoms with Gasteiger partial charge in [-0.05, 0) is 76.2 Å². The molecule has 0 radical (unpaired) electrons. The summed E-state index contributed by atoms with van der Waals surface area (Å²) in [5.41, 5.74) is 3.47. The van der Waals surface area contributed by atoms with Gasteiger partial charge in [-0.25, -0.2) is 0 Å². The second kappa shape index (κ2) is 9.83. The van der Waals surface area contributed by atoms with Crippen molar-refractivity contribution in [2.75, 3.05) is 20.6 Å². The molecule has 1 aromatic heterocycles. The van der Waals surface area contributed by atoms with Gasteiger partial charge in [-0.3, -0.25) is 9.78 Å². The summed E-state index contributed by atoms with van der Waals surface area (Å²) in [7, 11) is 4.30. The maximum absolute atomic E-state index is 12.3. The van der Waals surface area contributed by atoms with Crippen LogP contribution >= 0.6 is 0 Å². The quantitative estimate of drug-likeness (QED) is 0.786. The van der Waals surface area contributed by atoms with E-state index in [4.69, 9.17) is 0 Å². The molecule has 1 N–H and O–H groups in total. The van der Waals surface area contributed by atoms with E-state index in [-0.39, 0.29) is 5.91 Å². The molecule has 1 amide bonds. The van der Waals surface area contributed by atoms with E-state index in [1.165, 1.54) is 36.9 Å². The third kappa shape index (κ3) is 5.65. The van der Waals surface area contributed by atoms with Crippen molar-refractivity contribution >= 4 is 5.91 Å². The van der Waals surface area contributed by atoms with Crippen LogP contribution in [0.15, 0.2) is 48.7 Å². The van der Waals surface area contributed by atoms with Crippen molar-refractivity contribution in [1.82, 2.24) is 15.2 Å². The van der Waals surface area contributed by atoms with Crippen LogP contribution in [0.3, 0.4) is 0 Å². The highest BCUT2D eigenvalue weighted by molar-refractivity contribution is 5.78. The topological polar surface area (TPSA) is 45.2 Å². The Kier molecular flexibility index (Phi) is 7.21. The predicted octanol–water partition coefficient (Wildman–Crippen LogP) is 4.16. The lowest BCUT2D eigenvalue weighted by atomic mass is 9.77. The summed E-state index contributed by atoms with van der Waals surface area (Å²) in [6.07, 6.45) is 7.09. The summed E-state index contributed by atoms with van der Waals surface area (Å²) in [5.74, 6) is 1.35. The van der Waals surface area contributed by atoms with Gasteiger partial charge in [0.05, 0.1) is 18.2 Å². The minimum absolute atomic E-state index is 0.130. The van der Waals surface area contributed by atoms with Gasteiger partial charge in [0.25, 0.3) is 0 Å². The number of benzene rings is 1. The average Bonchev–Trinajstić information content (AvgIpc) is 2.70. The molecule has 0 bridgehead atoms. The fraction of sp³-hybridized carbons (Fsp3) is 0.500. The zero-order valence-corrected chi connectivity index (χ0v) is 17.4. The molecule has 4 heteroatoms. The molecule has 3 rings (SSSR count). The molecule has 1 aliphatic rings. The van der Waals surface area contributed by atoms with Gasteiger partial charge >= 0.3 is 0 Å². The molecular weight excluding hydrogens is 346 g/mol. The van der Waals surface area contributed by atoms with Crippen LogP contribution in [0.1, 0.15) is 48.5 Å². The van der Waals surface area contributed by atoms with Crippen molar-refractivity contribution in [1.29, 1.82) is 0 Å². The molecule has 1 saturated carbocycles. The van der Waals surface area contributed by atoms with Gasteiger partial charge < -0.3 is 10.2 Å². The summed E-state index contributed by atoms with van der Waals surface area (Å²) in [4.78, 5) is 19.2. The van der Waals surface area contributed by atoms with Crippen molar-refractivity contribution in [3.8, 4) is 0 Å². The number of hydrogen-bond acceptors (Lipinski definition) is 3. The number of hydrogen-bond donors (Lipinski definition) is 1. The summed E-state index contributed by atoms with van der Waals surface area (Å²) >= 11 is 0. The third-order valence-corrected chi connectivity index (χ3v) is 5.96. The molecule has 0 aliphatic heterocycles. The molecule has 0 saturated heterocycles. The van der Waals surface area contributed by atoms with Crippen LogP contribution < -0.4 is 5.32 Å². The molecule has 1 aliphatic carbocycles. The average molecular weight is 380 g/mol. The SMILES string of the molecule is Cc1ccc(CC(=O)NCC2CCC([C@H](c3ccccn3)N(C)C)CC2)cc1. The van der Waals surface area contributed by atoms with Crippen LogP contribution in [0.25, 0.3) is 0 Å². The Morgan fingerprint density at radius 3 is 2.43 bits per heavy atom. The lowest BCUT2D eigenvalue weighted by molar-refractivity contribution is -0.120. The first-order chi connectivity index (χ1) is 13.5. The van der Waals surface area contributed by atoms with E-state index >= 15 is 0 Å². The van der Waals surface area contributed by atoms with E-state index in [0.717, 1.165) is 12.1 Å². The van der Waals surface area contributed by atoms with Gasteiger partial charge in [0.15, 0.2) is 0 Å². The number of aryl methyl sites for hydroxylation is 1. The van der Waals surface area contributed by atoms with Gasteiger partial charge in [-0.15, -0.1) is 0 Å². The molecule has 1 aromatic carbocycles. The zero-order chi connectivity index (χ0) is 19.9. The van der Waals surface area contributed by atoms with E-state index in [1.807, 2.05) is 24.4 Å². The summed E-state index contributed by atoms with van der Waals surface area (Å²) in [5, 5.41) is 3.15. The van der Waals surface area contributed by atoms with Gasteiger partial charge in [0, 0.05) is 12.7 Å². The maximum atomic E-state index is 12.3. The summed E-state index contributed by atoms with van der Waals surface area (Å²) < 4.78 is 0. The lowest BCUT2D eigenvalue weighted by Gasteiger charge is -2.37. The number of nitrogens with one attached hydrogen (secondary N) is 1. The molecule has 2 aromatic rings. The van der Waals surface area contributed by atoms with Crippen molar-refractivity contribution < 1.29 is 4.79 Å². The number of carbonyl (C=O) groups is 1. The van der Waals surface area contributed by atoms with E-state index in [1.54, 1.807) is 0 Å². The monoisotopic (exact) mass is 379 g/mol. The largest absolute Gasteiger partial charge is 0.356 e. The molecule has 150 valence electrons. The Morgan fingerprint density at radius 1 is 1.11 bits per heavy atom. The molecular formula is C24H33N3O. The van der Waals surface area contributed by atoms with Crippen LogP contribution in [-0.4, -0.2) is 36.4 Å². The predicted molar refractivity (Wildman–Crippen MR) is 114 cm³/mol. The highest BCUT2D eigenvalue weighted by atomic mass is 16.1. The number of carbonyl (C=O) groups excluding carboxylic acids is 1. The van der Waals surface area contributed by atoms with E-state index < -0.39 is 0 Å².